The molecule has 2 nitrogen and oxygen atoms in total. The Hall–Kier alpha value is -0.670. The maximum atomic E-state index is 11.3. The van der Waals surface area contributed by atoms with Gasteiger partial charge in [0.15, 0.2) is 5.78 Å². The van der Waals surface area contributed by atoms with E-state index < -0.39 is 0 Å². The number of hydrogen-bond acceptors (Lipinski definition) is 2. The lowest BCUT2D eigenvalue weighted by molar-refractivity contribution is -0.122. The summed E-state index contributed by atoms with van der Waals surface area (Å²) in [6.07, 6.45) is 0.444. The minimum Gasteiger partial charge on any atom is -0.374 e. The molecule has 0 fully saturated rings. The summed E-state index contributed by atoms with van der Waals surface area (Å²) >= 11 is 3.36. The minimum atomic E-state index is 0.116. The molecule has 0 spiro atoms. The summed E-state index contributed by atoms with van der Waals surface area (Å²) in [5, 5.41) is 0. The molecule has 0 aliphatic rings. The van der Waals surface area contributed by atoms with Crippen molar-refractivity contribution in [1.29, 1.82) is 0 Å². The Morgan fingerprint density at radius 1 is 1.50 bits per heavy atom. The first kappa shape index (κ1) is 11.4. The molecule has 0 amide bonds. The zero-order valence-electron chi connectivity index (χ0n) is 8.13. The third kappa shape index (κ3) is 4.03. The molecule has 1 aromatic carbocycles. The smallest absolute Gasteiger partial charge is 0.162 e. The van der Waals surface area contributed by atoms with E-state index in [1.54, 1.807) is 0 Å². The van der Waals surface area contributed by atoms with Gasteiger partial charge in [-0.05, 0) is 24.6 Å². The monoisotopic (exact) mass is 256 g/mol. The van der Waals surface area contributed by atoms with Crippen LogP contribution in [-0.4, -0.2) is 19.0 Å². The van der Waals surface area contributed by atoms with Gasteiger partial charge < -0.3 is 4.74 Å². The van der Waals surface area contributed by atoms with Crippen molar-refractivity contribution in [2.75, 3.05) is 13.2 Å². The van der Waals surface area contributed by atoms with E-state index >= 15 is 0 Å². The molecular weight excluding hydrogens is 244 g/mol. The Bertz CT molecular complexity index is 310. The van der Waals surface area contributed by atoms with Crippen molar-refractivity contribution in [2.24, 2.45) is 0 Å². The van der Waals surface area contributed by atoms with Gasteiger partial charge in [-0.3, -0.25) is 4.79 Å². The molecule has 0 saturated heterocycles. The summed E-state index contributed by atoms with van der Waals surface area (Å²) in [4.78, 5) is 11.3. The maximum Gasteiger partial charge on any atom is 0.162 e. The number of ketones is 1. The van der Waals surface area contributed by atoms with Crippen LogP contribution in [0, 0.1) is 0 Å². The average molecular weight is 257 g/mol. The van der Waals surface area contributed by atoms with Crippen LogP contribution in [0.25, 0.3) is 0 Å². The molecule has 1 rings (SSSR count). The lowest BCUT2D eigenvalue weighted by atomic mass is 10.1. The maximum absolute atomic E-state index is 11.3. The fraction of sp³-hybridized carbons (Fsp3) is 0.364. The van der Waals surface area contributed by atoms with Gasteiger partial charge in [-0.25, -0.2) is 0 Å². The Morgan fingerprint density at radius 2 is 2.29 bits per heavy atom. The SMILES string of the molecule is CCOCC(=O)Cc1cccc(Br)c1. The lowest BCUT2D eigenvalue weighted by Crippen LogP contribution is -2.11. The van der Waals surface area contributed by atoms with E-state index in [1.165, 1.54) is 0 Å². The second kappa shape index (κ2) is 5.94. The Morgan fingerprint density at radius 3 is 2.93 bits per heavy atom. The average Bonchev–Trinajstić information content (AvgIpc) is 2.15. The highest BCUT2D eigenvalue weighted by molar-refractivity contribution is 9.10. The number of carbonyl (C=O) groups is 1. The molecule has 76 valence electrons. The van der Waals surface area contributed by atoms with E-state index in [4.69, 9.17) is 4.74 Å². The van der Waals surface area contributed by atoms with E-state index in [1.807, 2.05) is 31.2 Å². The molecule has 0 aliphatic carbocycles. The zero-order valence-corrected chi connectivity index (χ0v) is 9.71. The topological polar surface area (TPSA) is 26.3 Å². The van der Waals surface area contributed by atoms with Crippen molar-refractivity contribution in [1.82, 2.24) is 0 Å². The van der Waals surface area contributed by atoms with Gasteiger partial charge in [0, 0.05) is 17.5 Å². The molecule has 0 unspecified atom stereocenters. The van der Waals surface area contributed by atoms with Gasteiger partial charge in [-0.2, -0.15) is 0 Å². The number of rotatable bonds is 5. The number of ether oxygens (including phenoxy) is 1. The van der Waals surface area contributed by atoms with Crippen LogP contribution in [0.5, 0.6) is 0 Å². The van der Waals surface area contributed by atoms with Gasteiger partial charge in [0.25, 0.3) is 0 Å². The van der Waals surface area contributed by atoms with Crippen molar-refractivity contribution in [2.45, 2.75) is 13.3 Å². The molecule has 0 aromatic heterocycles. The molecule has 0 aliphatic heterocycles. The normalized spacial score (nSPS) is 10.1. The molecule has 3 heteroatoms. The Labute approximate surface area is 92.4 Å². The van der Waals surface area contributed by atoms with Crippen molar-refractivity contribution >= 4 is 21.7 Å². The van der Waals surface area contributed by atoms with Crippen LogP contribution in [0.4, 0.5) is 0 Å². The third-order valence-electron chi connectivity index (χ3n) is 1.76. The van der Waals surface area contributed by atoms with Gasteiger partial charge in [-0.1, -0.05) is 28.1 Å². The van der Waals surface area contributed by atoms with Crippen LogP contribution in [0.2, 0.25) is 0 Å². The molecule has 1 aromatic rings. The number of carbonyl (C=O) groups excluding carboxylic acids is 1. The molecule has 0 radical (unpaired) electrons. The molecule has 0 saturated carbocycles. The zero-order chi connectivity index (χ0) is 10.4. The van der Waals surface area contributed by atoms with Gasteiger partial charge in [0.05, 0.1) is 0 Å². The molecule has 0 bridgehead atoms. The molecule has 0 atom stereocenters. The van der Waals surface area contributed by atoms with Crippen LogP contribution in [-0.2, 0) is 16.0 Å². The van der Waals surface area contributed by atoms with Crippen molar-refractivity contribution in [3.05, 3.63) is 34.3 Å². The van der Waals surface area contributed by atoms with Crippen LogP contribution in [0.3, 0.4) is 0 Å². The minimum absolute atomic E-state index is 0.116. The number of benzene rings is 1. The van der Waals surface area contributed by atoms with Crippen LogP contribution in [0.1, 0.15) is 12.5 Å². The first-order chi connectivity index (χ1) is 6.72. The quantitative estimate of drug-likeness (QED) is 0.810. The Balaban J connectivity index is 2.47. The van der Waals surface area contributed by atoms with Gasteiger partial charge >= 0.3 is 0 Å². The second-order valence-corrected chi connectivity index (χ2v) is 3.90. The number of Topliss-reactive ketones (excluding diaryl/α,β-unsaturated/α-hetero) is 1. The Kier molecular flexibility index (Phi) is 4.84. The van der Waals surface area contributed by atoms with Gasteiger partial charge in [-0.15, -0.1) is 0 Å². The number of hydrogen-bond donors (Lipinski definition) is 0. The third-order valence-corrected chi connectivity index (χ3v) is 2.25. The van der Waals surface area contributed by atoms with E-state index in [9.17, 15) is 4.79 Å². The molecule has 0 heterocycles. The fourth-order valence-electron chi connectivity index (χ4n) is 1.14. The highest BCUT2D eigenvalue weighted by atomic mass is 79.9. The van der Waals surface area contributed by atoms with E-state index in [0.717, 1.165) is 10.0 Å². The molecular formula is C11H13BrO2. The second-order valence-electron chi connectivity index (χ2n) is 2.98. The summed E-state index contributed by atoms with van der Waals surface area (Å²) in [5.74, 6) is 0.116. The standard InChI is InChI=1S/C11H13BrO2/c1-2-14-8-11(13)7-9-4-3-5-10(12)6-9/h3-6H,2,7-8H2,1H3. The van der Waals surface area contributed by atoms with E-state index in [0.29, 0.717) is 13.0 Å². The van der Waals surface area contributed by atoms with E-state index in [2.05, 4.69) is 15.9 Å². The summed E-state index contributed by atoms with van der Waals surface area (Å²) in [6, 6.07) is 7.75. The van der Waals surface area contributed by atoms with Crippen molar-refractivity contribution in [3.8, 4) is 0 Å². The van der Waals surface area contributed by atoms with Crippen LogP contribution in [0.15, 0.2) is 28.7 Å². The van der Waals surface area contributed by atoms with Crippen LogP contribution >= 0.6 is 15.9 Å². The predicted octanol–water partition coefficient (Wildman–Crippen LogP) is 2.60. The first-order valence-electron chi connectivity index (χ1n) is 4.56. The molecule has 0 N–H and O–H groups in total. The highest BCUT2D eigenvalue weighted by Gasteiger charge is 2.03. The lowest BCUT2D eigenvalue weighted by Gasteiger charge is -2.01. The largest absolute Gasteiger partial charge is 0.374 e. The molecule has 14 heavy (non-hydrogen) atoms. The van der Waals surface area contributed by atoms with Crippen molar-refractivity contribution < 1.29 is 9.53 Å². The predicted molar refractivity (Wildman–Crippen MR) is 59.3 cm³/mol. The summed E-state index contributed by atoms with van der Waals surface area (Å²) in [6.45, 7) is 2.68. The first-order valence-corrected chi connectivity index (χ1v) is 5.35. The van der Waals surface area contributed by atoms with Crippen LogP contribution < -0.4 is 0 Å². The van der Waals surface area contributed by atoms with E-state index in [-0.39, 0.29) is 12.4 Å². The van der Waals surface area contributed by atoms with Gasteiger partial charge in [0.2, 0.25) is 0 Å². The fourth-order valence-corrected chi connectivity index (χ4v) is 1.59. The highest BCUT2D eigenvalue weighted by Crippen LogP contribution is 2.12. The summed E-state index contributed by atoms with van der Waals surface area (Å²) in [5.41, 5.74) is 1.02. The van der Waals surface area contributed by atoms with Gasteiger partial charge in [0.1, 0.15) is 6.61 Å². The summed E-state index contributed by atoms with van der Waals surface area (Å²) < 4.78 is 6.04. The number of halogens is 1. The summed E-state index contributed by atoms with van der Waals surface area (Å²) in [7, 11) is 0. The van der Waals surface area contributed by atoms with Crippen molar-refractivity contribution in [3.63, 3.8) is 0 Å².